The molecule has 0 saturated carbocycles. The van der Waals surface area contributed by atoms with Gasteiger partial charge in [-0.3, -0.25) is 4.90 Å². The van der Waals surface area contributed by atoms with Crippen molar-refractivity contribution in [2.24, 2.45) is 0 Å². The summed E-state index contributed by atoms with van der Waals surface area (Å²) in [6.45, 7) is 6.58. The van der Waals surface area contributed by atoms with Gasteiger partial charge in [0.25, 0.3) is 0 Å². The third kappa shape index (κ3) is 6.79. The Kier molecular flexibility index (Phi) is 8.62. The van der Waals surface area contributed by atoms with E-state index in [2.05, 4.69) is 24.8 Å². The van der Waals surface area contributed by atoms with Gasteiger partial charge in [-0.1, -0.05) is 49.4 Å². The molecule has 4 nitrogen and oxygen atoms in total. The zero-order valence-electron chi connectivity index (χ0n) is 16.1. The van der Waals surface area contributed by atoms with Crippen molar-refractivity contribution in [2.45, 2.75) is 45.6 Å². The average Bonchev–Trinajstić information content (AvgIpc) is 2.68. The number of aliphatic hydroxyl groups is 1. The van der Waals surface area contributed by atoms with Gasteiger partial charge < -0.3 is 14.6 Å². The summed E-state index contributed by atoms with van der Waals surface area (Å²) in [5, 5.41) is 10.4. The summed E-state index contributed by atoms with van der Waals surface area (Å²) in [5.74, 6) is 0.860. The summed E-state index contributed by atoms with van der Waals surface area (Å²) in [4.78, 5) is 2.30. The number of hydrogen-bond donors (Lipinski definition) is 1. The summed E-state index contributed by atoms with van der Waals surface area (Å²) in [7, 11) is 1.68. The number of nitrogens with zero attached hydrogens (tertiary/aromatic N) is 1. The quantitative estimate of drug-likeness (QED) is 0.663. The highest BCUT2D eigenvalue weighted by molar-refractivity contribution is 5.28. The summed E-state index contributed by atoms with van der Waals surface area (Å²) < 4.78 is 11.0. The highest BCUT2D eigenvalue weighted by Gasteiger charge is 2.17. The second-order valence-electron chi connectivity index (χ2n) is 6.69. The molecule has 2 aromatic carbocycles. The summed E-state index contributed by atoms with van der Waals surface area (Å²) in [6, 6.07) is 18.5. The minimum absolute atomic E-state index is 0.333. The second kappa shape index (κ2) is 11.0. The highest BCUT2D eigenvalue weighted by atomic mass is 16.5. The predicted octanol–water partition coefficient (Wildman–Crippen LogP) is 3.87. The van der Waals surface area contributed by atoms with Crippen molar-refractivity contribution in [1.29, 1.82) is 0 Å². The Morgan fingerprint density at radius 3 is 2.46 bits per heavy atom. The van der Waals surface area contributed by atoms with Crippen LogP contribution in [0.1, 0.15) is 31.4 Å². The molecular formula is C22H31NO3. The first-order chi connectivity index (χ1) is 12.6. The van der Waals surface area contributed by atoms with Crippen LogP contribution in [0.3, 0.4) is 0 Å². The SMILES string of the molecule is CC[C@H](C)N(Cc1cccc(OC)c1)C[C@@H](O)COCc1ccccc1. The molecule has 0 aromatic heterocycles. The molecule has 4 heteroatoms. The number of rotatable bonds is 11. The van der Waals surface area contributed by atoms with Crippen LogP contribution in [0.2, 0.25) is 0 Å². The predicted molar refractivity (Wildman–Crippen MR) is 105 cm³/mol. The van der Waals surface area contributed by atoms with Crippen LogP contribution >= 0.6 is 0 Å². The second-order valence-corrected chi connectivity index (χ2v) is 6.69. The van der Waals surface area contributed by atoms with E-state index in [4.69, 9.17) is 9.47 Å². The maximum atomic E-state index is 10.4. The molecule has 1 N–H and O–H groups in total. The van der Waals surface area contributed by atoms with Crippen molar-refractivity contribution in [3.05, 3.63) is 65.7 Å². The molecule has 0 radical (unpaired) electrons. The molecule has 2 atom stereocenters. The molecule has 142 valence electrons. The first-order valence-corrected chi connectivity index (χ1v) is 9.29. The molecule has 0 spiro atoms. The Morgan fingerprint density at radius 2 is 1.77 bits per heavy atom. The Labute approximate surface area is 157 Å². The van der Waals surface area contributed by atoms with Crippen molar-refractivity contribution in [2.75, 3.05) is 20.3 Å². The van der Waals surface area contributed by atoms with Gasteiger partial charge in [0.1, 0.15) is 5.75 Å². The normalized spacial score (nSPS) is 13.6. The van der Waals surface area contributed by atoms with Crippen LogP contribution in [0.25, 0.3) is 0 Å². The van der Waals surface area contributed by atoms with Crippen molar-refractivity contribution in [3.63, 3.8) is 0 Å². The van der Waals surface area contributed by atoms with Gasteiger partial charge in [-0.25, -0.2) is 0 Å². The topological polar surface area (TPSA) is 41.9 Å². The lowest BCUT2D eigenvalue weighted by atomic mass is 10.1. The minimum atomic E-state index is -0.515. The van der Waals surface area contributed by atoms with Crippen LogP contribution in [-0.4, -0.2) is 42.4 Å². The van der Waals surface area contributed by atoms with E-state index in [1.807, 2.05) is 48.5 Å². The number of benzene rings is 2. The molecule has 0 aliphatic carbocycles. The molecule has 0 unspecified atom stereocenters. The fourth-order valence-corrected chi connectivity index (χ4v) is 2.87. The van der Waals surface area contributed by atoms with Crippen LogP contribution in [0.15, 0.2) is 54.6 Å². The van der Waals surface area contributed by atoms with E-state index < -0.39 is 6.10 Å². The Bertz CT molecular complexity index is 632. The number of ether oxygens (including phenoxy) is 2. The number of methoxy groups -OCH3 is 1. The lowest BCUT2D eigenvalue weighted by molar-refractivity contribution is 0.00144. The molecule has 0 aliphatic rings. The fraction of sp³-hybridized carbons (Fsp3) is 0.455. The van der Waals surface area contributed by atoms with Crippen molar-refractivity contribution in [3.8, 4) is 5.75 Å². The minimum Gasteiger partial charge on any atom is -0.497 e. The zero-order valence-corrected chi connectivity index (χ0v) is 16.1. The molecule has 0 saturated heterocycles. The number of hydrogen-bond acceptors (Lipinski definition) is 4. The van der Waals surface area contributed by atoms with Crippen molar-refractivity contribution in [1.82, 2.24) is 4.90 Å². The smallest absolute Gasteiger partial charge is 0.119 e. The van der Waals surface area contributed by atoms with E-state index in [9.17, 15) is 5.11 Å². The largest absolute Gasteiger partial charge is 0.497 e. The first kappa shape index (κ1) is 20.4. The van der Waals surface area contributed by atoms with Crippen LogP contribution in [0.5, 0.6) is 5.75 Å². The zero-order chi connectivity index (χ0) is 18.8. The molecule has 0 heterocycles. The highest BCUT2D eigenvalue weighted by Crippen LogP contribution is 2.17. The van der Waals surface area contributed by atoms with Crippen LogP contribution in [0, 0.1) is 0 Å². The standard InChI is InChI=1S/C22H31NO3/c1-4-18(2)23(14-20-11-8-12-22(13-20)25-3)15-21(24)17-26-16-19-9-6-5-7-10-19/h5-13,18,21,24H,4,14-17H2,1-3H3/t18-,21+/m0/s1. The van der Waals surface area contributed by atoms with E-state index >= 15 is 0 Å². The van der Waals surface area contributed by atoms with Gasteiger partial charge in [-0.05, 0) is 36.6 Å². The lowest BCUT2D eigenvalue weighted by Crippen LogP contribution is -2.39. The van der Waals surface area contributed by atoms with Gasteiger partial charge in [-0.15, -0.1) is 0 Å². The van der Waals surface area contributed by atoms with Crippen LogP contribution < -0.4 is 4.74 Å². The van der Waals surface area contributed by atoms with E-state index in [-0.39, 0.29) is 0 Å². The van der Waals surface area contributed by atoms with E-state index in [1.54, 1.807) is 7.11 Å². The average molecular weight is 357 g/mol. The molecule has 2 aromatic rings. The maximum absolute atomic E-state index is 10.4. The molecule has 26 heavy (non-hydrogen) atoms. The summed E-state index contributed by atoms with van der Waals surface area (Å²) in [6.07, 6.45) is 0.514. The third-order valence-corrected chi connectivity index (χ3v) is 4.60. The monoisotopic (exact) mass is 357 g/mol. The lowest BCUT2D eigenvalue weighted by Gasteiger charge is -2.30. The van der Waals surface area contributed by atoms with Gasteiger partial charge in [0.15, 0.2) is 0 Å². The van der Waals surface area contributed by atoms with Gasteiger partial charge >= 0.3 is 0 Å². The van der Waals surface area contributed by atoms with Gasteiger partial charge in [0.2, 0.25) is 0 Å². The maximum Gasteiger partial charge on any atom is 0.119 e. The Morgan fingerprint density at radius 1 is 1.04 bits per heavy atom. The molecule has 0 bridgehead atoms. The Balaban J connectivity index is 1.87. The number of aliphatic hydroxyl groups excluding tert-OH is 1. The molecule has 0 fully saturated rings. The van der Waals surface area contributed by atoms with E-state index in [0.29, 0.717) is 25.8 Å². The third-order valence-electron chi connectivity index (χ3n) is 4.60. The molecule has 0 aliphatic heterocycles. The first-order valence-electron chi connectivity index (χ1n) is 9.29. The van der Waals surface area contributed by atoms with Gasteiger partial charge in [0, 0.05) is 19.1 Å². The molecular weight excluding hydrogens is 326 g/mol. The van der Waals surface area contributed by atoms with E-state index in [1.165, 1.54) is 5.56 Å². The van der Waals surface area contributed by atoms with E-state index in [0.717, 1.165) is 24.3 Å². The molecule has 2 rings (SSSR count). The van der Waals surface area contributed by atoms with Crippen LogP contribution in [-0.2, 0) is 17.9 Å². The molecule has 0 amide bonds. The summed E-state index contributed by atoms with van der Waals surface area (Å²) in [5.41, 5.74) is 2.30. The van der Waals surface area contributed by atoms with Gasteiger partial charge in [-0.2, -0.15) is 0 Å². The van der Waals surface area contributed by atoms with Crippen molar-refractivity contribution >= 4 is 0 Å². The Hall–Kier alpha value is -1.88. The van der Waals surface area contributed by atoms with Crippen molar-refractivity contribution < 1.29 is 14.6 Å². The van der Waals surface area contributed by atoms with Crippen LogP contribution in [0.4, 0.5) is 0 Å². The fourth-order valence-electron chi connectivity index (χ4n) is 2.87. The summed E-state index contributed by atoms with van der Waals surface area (Å²) >= 11 is 0. The van der Waals surface area contributed by atoms with Gasteiger partial charge in [0.05, 0.1) is 26.4 Å².